The molecule has 88 valence electrons. The lowest BCUT2D eigenvalue weighted by atomic mass is 10.1. The largest absolute Gasteiger partial charge is 0.493 e. The van der Waals surface area contributed by atoms with Gasteiger partial charge in [-0.3, -0.25) is 0 Å². The highest BCUT2D eigenvalue weighted by molar-refractivity contribution is 5.42. The van der Waals surface area contributed by atoms with Gasteiger partial charge < -0.3 is 4.74 Å². The highest BCUT2D eigenvalue weighted by Crippen LogP contribution is 2.30. The molecule has 0 saturated heterocycles. The highest BCUT2D eigenvalue weighted by Gasteiger charge is 2.14. The third-order valence-corrected chi connectivity index (χ3v) is 3.29. The molecule has 0 unspecified atom stereocenters. The molecule has 0 atom stereocenters. The van der Waals surface area contributed by atoms with Gasteiger partial charge in [0.2, 0.25) is 0 Å². The van der Waals surface area contributed by atoms with Gasteiger partial charge in [0, 0.05) is 0 Å². The lowest BCUT2D eigenvalue weighted by molar-refractivity contribution is 0.295. The molecule has 0 spiro atoms. The maximum Gasteiger partial charge on any atom is 0.122 e. The average molecular weight is 218 g/mol. The molecule has 1 aromatic carbocycles. The van der Waals surface area contributed by atoms with Crippen LogP contribution in [-0.4, -0.2) is 6.61 Å². The Hall–Kier alpha value is -0.980. The molecule has 16 heavy (non-hydrogen) atoms. The van der Waals surface area contributed by atoms with Crippen molar-refractivity contribution in [3.63, 3.8) is 0 Å². The van der Waals surface area contributed by atoms with Crippen LogP contribution in [-0.2, 0) is 12.8 Å². The van der Waals surface area contributed by atoms with E-state index in [0.29, 0.717) is 0 Å². The minimum absolute atomic E-state index is 0.782. The zero-order valence-electron chi connectivity index (χ0n) is 10.5. The summed E-state index contributed by atoms with van der Waals surface area (Å²) in [6, 6.07) is 6.49. The van der Waals surface area contributed by atoms with Gasteiger partial charge in [-0.25, -0.2) is 0 Å². The molecule has 0 heterocycles. The van der Waals surface area contributed by atoms with E-state index in [1.807, 2.05) is 0 Å². The van der Waals surface area contributed by atoms with Gasteiger partial charge in [-0.15, -0.1) is 0 Å². The van der Waals surface area contributed by atoms with Gasteiger partial charge in [-0.1, -0.05) is 26.0 Å². The minimum Gasteiger partial charge on any atom is -0.493 e. The van der Waals surface area contributed by atoms with Crippen LogP contribution in [0.15, 0.2) is 18.2 Å². The van der Waals surface area contributed by atoms with Crippen LogP contribution in [0.2, 0.25) is 0 Å². The van der Waals surface area contributed by atoms with E-state index in [-0.39, 0.29) is 0 Å². The Kier molecular flexibility index (Phi) is 3.87. The summed E-state index contributed by atoms with van der Waals surface area (Å²) in [7, 11) is 0. The predicted molar refractivity (Wildman–Crippen MR) is 68.0 cm³/mol. The lowest BCUT2D eigenvalue weighted by Crippen LogP contribution is -2.01. The van der Waals surface area contributed by atoms with Gasteiger partial charge in [-0.2, -0.15) is 0 Å². The smallest absolute Gasteiger partial charge is 0.122 e. The SMILES string of the molecule is CC(C)CCCOc1cccc2c1CCC2. The summed E-state index contributed by atoms with van der Waals surface area (Å²) < 4.78 is 5.90. The van der Waals surface area contributed by atoms with Crippen molar-refractivity contribution in [1.82, 2.24) is 0 Å². The first-order chi connectivity index (χ1) is 7.77. The second kappa shape index (κ2) is 5.38. The standard InChI is InChI=1S/C15H22O/c1-12(2)6-5-11-16-15-10-4-8-13-7-3-9-14(13)15/h4,8,10,12H,3,5-7,9,11H2,1-2H3. The fraction of sp³-hybridized carbons (Fsp3) is 0.600. The highest BCUT2D eigenvalue weighted by atomic mass is 16.5. The normalized spacial score (nSPS) is 14.2. The average Bonchev–Trinajstić information content (AvgIpc) is 2.72. The van der Waals surface area contributed by atoms with Crippen molar-refractivity contribution in [2.45, 2.75) is 46.0 Å². The Balaban J connectivity index is 1.88. The summed E-state index contributed by atoms with van der Waals surface area (Å²) in [4.78, 5) is 0. The number of hydrogen-bond acceptors (Lipinski definition) is 1. The molecule has 0 amide bonds. The van der Waals surface area contributed by atoms with Crippen LogP contribution in [0.25, 0.3) is 0 Å². The summed E-state index contributed by atoms with van der Waals surface area (Å²) in [5, 5.41) is 0. The van der Waals surface area contributed by atoms with Crippen LogP contribution >= 0.6 is 0 Å². The van der Waals surface area contributed by atoms with Crippen LogP contribution in [0, 0.1) is 5.92 Å². The van der Waals surface area contributed by atoms with E-state index in [1.54, 1.807) is 0 Å². The summed E-state index contributed by atoms with van der Waals surface area (Å²) in [5.41, 5.74) is 2.97. The molecule has 1 aliphatic rings. The van der Waals surface area contributed by atoms with Gasteiger partial charge in [0.05, 0.1) is 6.61 Å². The zero-order chi connectivity index (χ0) is 11.4. The van der Waals surface area contributed by atoms with Crippen LogP contribution in [0.1, 0.15) is 44.2 Å². The molecule has 0 bridgehead atoms. The third kappa shape index (κ3) is 2.78. The molecule has 1 nitrogen and oxygen atoms in total. The van der Waals surface area contributed by atoms with Crippen LogP contribution in [0.4, 0.5) is 0 Å². The maximum atomic E-state index is 5.90. The quantitative estimate of drug-likeness (QED) is 0.679. The summed E-state index contributed by atoms with van der Waals surface area (Å²) in [5.74, 6) is 1.92. The van der Waals surface area contributed by atoms with E-state index < -0.39 is 0 Å². The van der Waals surface area contributed by atoms with Crippen molar-refractivity contribution in [3.8, 4) is 5.75 Å². The third-order valence-electron chi connectivity index (χ3n) is 3.29. The molecular formula is C15H22O. The maximum absolute atomic E-state index is 5.90. The van der Waals surface area contributed by atoms with Gasteiger partial charge in [0.15, 0.2) is 0 Å². The van der Waals surface area contributed by atoms with E-state index >= 15 is 0 Å². The van der Waals surface area contributed by atoms with Crippen LogP contribution in [0.3, 0.4) is 0 Å². The summed E-state index contributed by atoms with van der Waals surface area (Å²) in [6.07, 6.45) is 6.16. The first-order valence-corrected chi connectivity index (χ1v) is 6.51. The molecule has 0 N–H and O–H groups in total. The Morgan fingerprint density at radius 2 is 2.12 bits per heavy atom. The fourth-order valence-corrected chi connectivity index (χ4v) is 2.39. The number of aryl methyl sites for hydroxylation is 1. The Labute approximate surface area is 98.8 Å². The molecule has 0 radical (unpaired) electrons. The van der Waals surface area contributed by atoms with E-state index in [9.17, 15) is 0 Å². The van der Waals surface area contributed by atoms with Crippen molar-refractivity contribution >= 4 is 0 Å². The van der Waals surface area contributed by atoms with E-state index in [2.05, 4.69) is 32.0 Å². The number of hydrogen-bond donors (Lipinski definition) is 0. The fourth-order valence-electron chi connectivity index (χ4n) is 2.39. The summed E-state index contributed by atoms with van der Waals surface area (Å²) in [6.45, 7) is 5.40. The van der Waals surface area contributed by atoms with E-state index in [0.717, 1.165) is 18.3 Å². The molecule has 1 heteroatoms. The van der Waals surface area contributed by atoms with E-state index in [1.165, 1.54) is 43.2 Å². The van der Waals surface area contributed by atoms with Gasteiger partial charge >= 0.3 is 0 Å². The van der Waals surface area contributed by atoms with Crippen molar-refractivity contribution in [1.29, 1.82) is 0 Å². The zero-order valence-corrected chi connectivity index (χ0v) is 10.5. The topological polar surface area (TPSA) is 9.23 Å². The van der Waals surface area contributed by atoms with Gasteiger partial charge in [0.1, 0.15) is 5.75 Å². The second-order valence-electron chi connectivity index (χ2n) is 5.13. The molecule has 1 aromatic rings. The number of ether oxygens (including phenoxy) is 1. The van der Waals surface area contributed by atoms with Gasteiger partial charge in [0.25, 0.3) is 0 Å². The van der Waals surface area contributed by atoms with Crippen LogP contribution < -0.4 is 4.74 Å². The molecule has 0 saturated carbocycles. The van der Waals surface area contributed by atoms with E-state index in [4.69, 9.17) is 4.74 Å². The second-order valence-corrected chi connectivity index (χ2v) is 5.13. The van der Waals surface area contributed by atoms with Crippen molar-refractivity contribution in [2.24, 2.45) is 5.92 Å². The molecule has 0 fully saturated rings. The molecule has 1 aliphatic carbocycles. The first-order valence-electron chi connectivity index (χ1n) is 6.51. The van der Waals surface area contributed by atoms with Crippen molar-refractivity contribution in [3.05, 3.63) is 29.3 Å². The predicted octanol–water partition coefficient (Wildman–Crippen LogP) is 3.99. The molecule has 0 aromatic heterocycles. The molecule has 2 rings (SSSR count). The number of fused-ring (bicyclic) bond motifs is 1. The monoisotopic (exact) mass is 218 g/mol. The summed E-state index contributed by atoms with van der Waals surface area (Å²) >= 11 is 0. The Morgan fingerprint density at radius 3 is 2.94 bits per heavy atom. The van der Waals surface area contributed by atoms with Crippen LogP contribution in [0.5, 0.6) is 5.75 Å². The molecule has 0 aliphatic heterocycles. The van der Waals surface area contributed by atoms with Gasteiger partial charge in [-0.05, 0) is 55.2 Å². The Morgan fingerprint density at radius 1 is 1.25 bits per heavy atom. The minimum atomic E-state index is 0.782. The number of benzene rings is 1. The first kappa shape index (κ1) is 11.5. The van der Waals surface area contributed by atoms with Crippen molar-refractivity contribution < 1.29 is 4.74 Å². The lowest BCUT2D eigenvalue weighted by Gasteiger charge is -2.11. The Bertz CT molecular complexity index is 341. The number of rotatable bonds is 5. The molecular weight excluding hydrogens is 196 g/mol. The van der Waals surface area contributed by atoms with Crippen molar-refractivity contribution in [2.75, 3.05) is 6.61 Å².